The molecule has 40 heavy (non-hydrogen) atoms. The van der Waals surface area contributed by atoms with Crippen molar-refractivity contribution in [1.82, 2.24) is 14.8 Å². The number of amides is 2. The highest BCUT2D eigenvalue weighted by Gasteiger charge is 2.46. The third-order valence-electron chi connectivity index (χ3n) is 7.82. The second-order valence-electron chi connectivity index (χ2n) is 10.8. The number of aryl methyl sites for hydroxylation is 1. The van der Waals surface area contributed by atoms with E-state index in [9.17, 15) is 9.59 Å². The van der Waals surface area contributed by atoms with Crippen LogP contribution in [0.3, 0.4) is 0 Å². The molecule has 0 saturated heterocycles. The summed E-state index contributed by atoms with van der Waals surface area (Å²) in [5.41, 5.74) is 5.90. The highest BCUT2D eigenvalue weighted by molar-refractivity contribution is 7.09. The molecule has 5 aromatic rings. The molecular formula is C34H33N3O2S. The van der Waals surface area contributed by atoms with Crippen LogP contribution in [0, 0.1) is 5.92 Å². The summed E-state index contributed by atoms with van der Waals surface area (Å²) in [7, 11) is 2.08. The Labute approximate surface area is 239 Å². The zero-order valence-electron chi connectivity index (χ0n) is 23.0. The molecule has 0 radical (unpaired) electrons. The Bertz CT molecular complexity index is 1670. The minimum absolute atomic E-state index is 0.0931. The highest BCUT2D eigenvalue weighted by atomic mass is 32.1. The molecular weight excluding hydrogens is 514 g/mol. The van der Waals surface area contributed by atoms with Crippen LogP contribution in [-0.2, 0) is 18.4 Å². The first-order chi connectivity index (χ1) is 19.5. The number of benzene rings is 3. The molecule has 0 fully saturated rings. The van der Waals surface area contributed by atoms with Gasteiger partial charge in [0.05, 0.1) is 18.3 Å². The number of thiophene rings is 1. The van der Waals surface area contributed by atoms with Crippen molar-refractivity contribution < 1.29 is 9.59 Å². The van der Waals surface area contributed by atoms with E-state index in [0.717, 1.165) is 38.2 Å². The molecule has 2 aromatic heterocycles. The summed E-state index contributed by atoms with van der Waals surface area (Å²) in [6.45, 7) is 4.67. The fourth-order valence-corrected chi connectivity index (χ4v) is 6.74. The van der Waals surface area contributed by atoms with Crippen LogP contribution in [0.2, 0.25) is 0 Å². The van der Waals surface area contributed by atoms with Gasteiger partial charge in [-0.25, -0.2) is 0 Å². The minimum Gasteiger partial charge on any atom is -0.349 e. The predicted octanol–water partition coefficient (Wildman–Crippen LogP) is 7.18. The molecule has 6 heteroatoms. The number of carbonyl (C=O) groups excluding carboxylic acids is 2. The lowest BCUT2D eigenvalue weighted by Crippen LogP contribution is -2.49. The summed E-state index contributed by atoms with van der Waals surface area (Å²) in [6, 6.07) is 29.5. The summed E-state index contributed by atoms with van der Waals surface area (Å²) in [4.78, 5) is 31.2. The summed E-state index contributed by atoms with van der Waals surface area (Å²) in [6.07, 6.45) is 0.567. The van der Waals surface area contributed by atoms with Crippen molar-refractivity contribution in [2.24, 2.45) is 13.0 Å². The molecule has 1 N–H and O–H groups in total. The van der Waals surface area contributed by atoms with Crippen molar-refractivity contribution in [3.63, 3.8) is 0 Å². The van der Waals surface area contributed by atoms with Gasteiger partial charge in [0.2, 0.25) is 5.91 Å². The van der Waals surface area contributed by atoms with Gasteiger partial charge in [0, 0.05) is 34.0 Å². The first-order valence-electron chi connectivity index (χ1n) is 13.8. The fourth-order valence-electron chi connectivity index (χ4n) is 6.10. The van der Waals surface area contributed by atoms with Crippen LogP contribution in [0.25, 0.3) is 22.2 Å². The number of hydrogen-bond donors (Lipinski definition) is 1. The van der Waals surface area contributed by atoms with Crippen LogP contribution >= 0.6 is 11.3 Å². The maximum absolute atomic E-state index is 14.3. The zero-order valence-corrected chi connectivity index (χ0v) is 23.8. The van der Waals surface area contributed by atoms with Gasteiger partial charge in [0.25, 0.3) is 5.91 Å². The smallest absolute Gasteiger partial charge is 0.255 e. The van der Waals surface area contributed by atoms with Crippen molar-refractivity contribution in [3.05, 3.63) is 118 Å². The molecule has 0 bridgehead atoms. The maximum atomic E-state index is 14.3. The van der Waals surface area contributed by atoms with Crippen LogP contribution in [0.15, 0.2) is 96.4 Å². The van der Waals surface area contributed by atoms with E-state index in [2.05, 4.69) is 55.0 Å². The lowest BCUT2D eigenvalue weighted by Gasteiger charge is -2.34. The van der Waals surface area contributed by atoms with E-state index in [-0.39, 0.29) is 17.7 Å². The molecule has 6 rings (SSSR count). The fraction of sp³-hybridized carbons (Fsp3) is 0.235. The Morgan fingerprint density at radius 3 is 2.40 bits per heavy atom. The van der Waals surface area contributed by atoms with Gasteiger partial charge in [-0.15, -0.1) is 11.3 Å². The first-order valence-corrected chi connectivity index (χ1v) is 14.7. The molecule has 0 aliphatic carbocycles. The van der Waals surface area contributed by atoms with E-state index in [0.29, 0.717) is 18.5 Å². The van der Waals surface area contributed by atoms with Gasteiger partial charge >= 0.3 is 0 Å². The Hall–Kier alpha value is -4.16. The van der Waals surface area contributed by atoms with E-state index in [1.807, 2.05) is 77.0 Å². The first kappa shape index (κ1) is 26.1. The average Bonchev–Trinajstić information content (AvgIpc) is 3.67. The zero-order chi connectivity index (χ0) is 27.8. The molecule has 3 aromatic carbocycles. The van der Waals surface area contributed by atoms with Crippen molar-refractivity contribution in [2.45, 2.75) is 38.9 Å². The number of fused-ring (bicyclic) bond motifs is 2. The number of para-hydroxylation sites is 1. The number of hydrogen-bond acceptors (Lipinski definition) is 3. The monoisotopic (exact) mass is 547 g/mol. The topological polar surface area (TPSA) is 54.3 Å². The van der Waals surface area contributed by atoms with Gasteiger partial charge in [-0.1, -0.05) is 86.6 Å². The van der Waals surface area contributed by atoms with E-state index in [1.165, 1.54) is 0 Å². The summed E-state index contributed by atoms with van der Waals surface area (Å²) >= 11 is 1.62. The molecule has 2 amide bonds. The molecule has 5 nitrogen and oxygen atoms in total. The van der Waals surface area contributed by atoms with E-state index in [1.54, 1.807) is 11.3 Å². The van der Waals surface area contributed by atoms with Crippen LogP contribution in [0.4, 0.5) is 0 Å². The summed E-state index contributed by atoms with van der Waals surface area (Å²) in [5.74, 6) is 0.00925. The van der Waals surface area contributed by atoms with Crippen molar-refractivity contribution >= 4 is 34.1 Å². The van der Waals surface area contributed by atoms with Crippen LogP contribution in [0.1, 0.15) is 52.7 Å². The van der Waals surface area contributed by atoms with Gasteiger partial charge < -0.3 is 14.8 Å². The van der Waals surface area contributed by atoms with E-state index >= 15 is 0 Å². The lowest BCUT2D eigenvalue weighted by molar-refractivity contribution is -0.126. The van der Waals surface area contributed by atoms with E-state index in [4.69, 9.17) is 0 Å². The second-order valence-corrected chi connectivity index (χ2v) is 11.9. The van der Waals surface area contributed by atoms with Gasteiger partial charge in [-0.05, 0) is 47.0 Å². The van der Waals surface area contributed by atoms with Crippen molar-refractivity contribution in [3.8, 4) is 11.3 Å². The quantitative estimate of drug-likeness (QED) is 0.224. The minimum atomic E-state index is -0.618. The molecule has 0 saturated carbocycles. The number of nitrogens with zero attached hydrogens (tertiary/aromatic N) is 2. The Morgan fingerprint density at radius 2 is 1.65 bits per heavy atom. The second kappa shape index (κ2) is 10.8. The number of rotatable bonds is 8. The van der Waals surface area contributed by atoms with Gasteiger partial charge in [-0.2, -0.15) is 0 Å². The average molecular weight is 548 g/mol. The van der Waals surface area contributed by atoms with Crippen LogP contribution in [-0.4, -0.2) is 27.3 Å². The van der Waals surface area contributed by atoms with Gasteiger partial charge in [-0.3, -0.25) is 9.59 Å². The maximum Gasteiger partial charge on any atom is 0.255 e. The number of nitrogens with one attached hydrogen (secondary N) is 1. The van der Waals surface area contributed by atoms with Gasteiger partial charge in [0.1, 0.15) is 6.04 Å². The molecule has 3 heterocycles. The molecule has 1 aliphatic heterocycles. The highest BCUT2D eigenvalue weighted by Crippen LogP contribution is 2.47. The number of carbonyl (C=O) groups is 2. The molecule has 1 aliphatic rings. The van der Waals surface area contributed by atoms with E-state index < -0.39 is 12.1 Å². The Morgan fingerprint density at radius 1 is 0.925 bits per heavy atom. The third kappa shape index (κ3) is 4.52. The third-order valence-corrected chi connectivity index (χ3v) is 8.69. The van der Waals surface area contributed by atoms with Crippen molar-refractivity contribution in [1.29, 1.82) is 0 Å². The van der Waals surface area contributed by atoms with Gasteiger partial charge in [0.15, 0.2) is 0 Å². The molecule has 0 spiro atoms. The standard InChI is InChI=1S/C34H33N3O2S/c1-22(2)20-29(33(38)35-21-24-14-11-19-40-24)37-32(25-15-7-8-16-26(25)34(37)39)30-27-17-9-10-18-28(27)36(3)31(30)23-12-5-4-6-13-23/h4-19,22,29,32H,20-21H2,1-3H3,(H,35,38). The number of aromatic nitrogens is 1. The van der Waals surface area contributed by atoms with Crippen molar-refractivity contribution in [2.75, 3.05) is 0 Å². The predicted molar refractivity (Wildman–Crippen MR) is 162 cm³/mol. The lowest BCUT2D eigenvalue weighted by atomic mass is 9.91. The molecule has 202 valence electrons. The Kier molecular flexibility index (Phi) is 7.03. The normalized spacial score (nSPS) is 15.6. The Balaban J connectivity index is 1.55. The molecule has 2 unspecified atom stereocenters. The summed E-state index contributed by atoms with van der Waals surface area (Å²) < 4.78 is 2.22. The van der Waals surface area contributed by atoms with Crippen LogP contribution < -0.4 is 5.32 Å². The SMILES string of the molecule is CC(C)CC(C(=O)NCc1cccs1)N1C(=O)c2ccccc2C1c1c(-c2ccccc2)n(C)c2ccccc12. The van der Waals surface area contributed by atoms with Crippen LogP contribution in [0.5, 0.6) is 0 Å². The summed E-state index contributed by atoms with van der Waals surface area (Å²) in [5, 5.41) is 6.25. The molecule has 2 atom stereocenters. The largest absolute Gasteiger partial charge is 0.349 e.